The molecule has 1 aromatic heterocycles. The number of aromatic amines is 1. The van der Waals surface area contributed by atoms with E-state index in [1.165, 1.54) is 12.1 Å². The summed E-state index contributed by atoms with van der Waals surface area (Å²) in [7, 11) is 0. The van der Waals surface area contributed by atoms with Gasteiger partial charge >= 0.3 is 0 Å². The fourth-order valence-electron chi connectivity index (χ4n) is 2.51. The Morgan fingerprint density at radius 1 is 1.50 bits per heavy atom. The molecule has 1 N–H and O–H groups in total. The number of aryl methyl sites for hydroxylation is 1. The summed E-state index contributed by atoms with van der Waals surface area (Å²) in [5, 5.41) is 0. The molecule has 0 spiro atoms. The van der Waals surface area contributed by atoms with Gasteiger partial charge < -0.3 is 14.6 Å². The number of aromatic nitrogens is 1. The molecule has 110 valence electrons. The van der Waals surface area contributed by atoms with E-state index in [9.17, 15) is 9.59 Å². The third kappa shape index (κ3) is 3.70. The van der Waals surface area contributed by atoms with Crippen LogP contribution in [0, 0.1) is 6.92 Å². The number of nitrogens with one attached hydrogen (secondary N) is 1. The van der Waals surface area contributed by atoms with Crippen LogP contribution in [0.5, 0.6) is 0 Å². The molecule has 2 heterocycles. The Morgan fingerprint density at radius 2 is 2.30 bits per heavy atom. The summed E-state index contributed by atoms with van der Waals surface area (Å²) in [6.45, 7) is 5.91. The lowest BCUT2D eigenvalue weighted by Crippen LogP contribution is -2.43. The first-order chi connectivity index (χ1) is 9.60. The van der Waals surface area contributed by atoms with Crippen LogP contribution >= 0.6 is 0 Å². The predicted molar refractivity (Wildman–Crippen MR) is 77.0 cm³/mol. The first kappa shape index (κ1) is 14.8. The highest BCUT2D eigenvalue weighted by atomic mass is 16.5. The zero-order chi connectivity index (χ0) is 14.5. The molecule has 1 saturated heterocycles. The number of H-pyrrole nitrogens is 1. The van der Waals surface area contributed by atoms with Crippen LogP contribution in [0.25, 0.3) is 0 Å². The topological polar surface area (TPSA) is 62.4 Å². The van der Waals surface area contributed by atoms with Gasteiger partial charge in [-0.3, -0.25) is 9.59 Å². The van der Waals surface area contributed by atoms with Crippen molar-refractivity contribution in [1.82, 2.24) is 9.88 Å². The number of piperidine rings is 1. The standard InChI is InChI=1S/C15H22N2O3/c1-3-7-20-13-5-4-6-17(10-13)15(19)14-9-12(18)8-11(2)16-14/h8-9,13H,3-7,10H2,1-2H3,(H,16,18)/t13-/m0/s1. The minimum absolute atomic E-state index is 0.115. The molecule has 0 aliphatic carbocycles. The Balaban J connectivity index is 2.06. The molecule has 5 nitrogen and oxygen atoms in total. The van der Waals surface area contributed by atoms with E-state index in [0.717, 1.165) is 32.4 Å². The van der Waals surface area contributed by atoms with Crippen LogP contribution in [-0.2, 0) is 4.74 Å². The van der Waals surface area contributed by atoms with Crippen LogP contribution in [-0.4, -0.2) is 41.6 Å². The molecule has 1 aliphatic heterocycles. The van der Waals surface area contributed by atoms with Crippen LogP contribution in [0.2, 0.25) is 0 Å². The maximum Gasteiger partial charge on any atom is 0.270 e. The Labute approximate surface area is 118 Å². The lowest BCUT2D eigenvalue weighted by Gasteiger charge is -2.32. The Morgan fingerprint density at radius 3 is 3.00 bits per heavy atom. The molecular formula is C15H22N2O3. The second-order valence-electron chi connectivity index (χ2n) is 5.30. The van der Waals surface area contributed by atoms with Gasteiger partial charge in [-0.25, -0.2) is 0 Å². The number of nitrogens with zero attached hydrogens (tertiary/aromatic N) is 1. The fourth-order valence-corrected chi connectivity index (χ4v) is 2.51. The molecule has 1 amide bonds. The number of carbonyl (C=O) groups excluding carboxylic acids is 1. The van der Waals surface area contributed by atoms with E-state index in [0.29, 0.717) is 17.9 Å². The quantitative estimate of drug-likeness (QED) is 0.912. The third-order valence-corrected chi connectivity index (χ3v) is 3.43. The van der Waals surface area contributed by atoms with Crippen LogP contribution in [0.1, 0.15) is 42.4 Å². The average molecular weight is 278 g/mol. The van der Waals surface area contributed by atoms with Crippen molar-refractivity contribution in [3.05, 3.63) is 33.7 Å². The number of rotatable bonds is 4. The van der Waals surface area contributed by atoms with Gasteiger partial charge in [0, 0.05) is 37.5 Å². The predicted octanol–water partition coefficient (Wildman–Crippen LogP) is 1.71. The number of pyridine rings is 1. The van der Waals surface area contributed by atoms with Crippen LogP contribution in [0.3, 0.4) is 0 Å². The maximum absolute atomic E-state index is 12.4. The lowest BCUT2D eigenvalue weighted by atomic mass is 10.1. The average Bonchev–Trinajstić information content (AvgIpc) is 2.43. The van der Waals surface area contributed by atoms with Gasteiger partial charge in [0.1, 0.15) is 5.69 Å². The van der Waals surface area contributed by atoms with E-state index in [1.54, 1.807) is 11.8 Å². The highest BCUT2D eigenvalue weighted by Gasteiger charge is 2.25. The molecule has 0 aromatic carbocycles. The summed E-state index contributed by atoms with van der Waals surface area (Å²) in [6.07, 6.45) is 3.03. The van der Waals surface area contributed by atoms with E-state index in [4.69, 9.17) is 4.74 Å². The van der Waals surface area contributed by atoms with Crippen molar-refractivity contribution in [1.29, 1.82) is 0 Å². The molecule has 0 bridgehead atoms. The summed E-state index contributed by atoms with van der Waals surface area (Å²) in [4.78, 5) is 28.7. The zero-order valence-corrected chi connectivity index (χ0v) is 12.1. The molecule has 2 rings (SSSR count). The largest absolute Gasteiger partial charge is 0.376 e. The van der Waals surface area contributed by atoms with Crippen molar-refractivity contribution in [3.63, 3.8) is 0 Å². The molecule has 1 atom stereocenters. The van der Waals surface area contributed by atoms with Crippen LogP contribution in [0.15, 0.2) is 16.9 Å². The third-order valence-electron chi connectivity index (χ3n) is 3.43. The van der Waals surface area contributed by atoms with Crippen molar-refractivity contribution < 1.29 is 9.53 Å². The van der Waals surface area contributed by atoms with Crippen LogP contribution < -0.4 is 5.43 Å². The maximum atomic E-state index is 12.4. The molecule has 1 fully saturated rings. The van der Waals surface area contributed by atoms with E-state index < -0.39 is 0 Å². The van der Waals surface area contributed by atoms with Gasteiger partial charge in [0.05, 0.1) is 6.10 Å². The summed E-state index contributed by atoms with van der Waals surface area (Å²) >= 11 is 0. The molecule has 0 unspecified atom stereocenters. The zero-order valence-electron chi connectivity index (χ0n) is 12.1. The summed E-state index contributed by atoms with van der Waals surface area (Å²) in [5.74, 6) is -0.115. The molecule has 20 heavy (non-hydrogen) atoms. The van der Waals surface area contributed by atoms with Gasteiger partial charge in [-0.2, -0.15) is 0 Å². The molecule has 1 aromatic rings. The number of likely N-dealkylation sites (tertiary alicyclic amines) is 1. The molecule has 1 aliphatic rings. The van der Waals surface area contributed by atoms with Crippen molar-refractivity contribution in [2.45, 2.75) is 39.2 Å². The number of hydrogen-bond donors (Lipinski definition) is 1. The number of carbonyl (C=O) groups is 1. The van der Waals surface area contributed by atoms with Gasteiger partial charge in [-0.15, -0.1) is 0 Å². The normalized spacial score (nSPS) is 19.1. The van der Waals surface area contributed by atoms with E-state index in [2.05, 4.69) is 11.9 Å². The van der Waals surface area contributed by atoms with Crippen LogP contribution in [0.4, 0.5) is 0 Å². The SMILES string of the molecule is CCCO[C@H]1CCCN(C(=O)c2cc(=O)cc(C)[nH]2)C1. The Kier molecular flexibility index (Phi) is 4.95. The fraction of sp³-hybridized carbons (Fsp3) is 0.600. The lowest BCUT2D eigenvalue weighted by molar-refractivity contribution is 0.00191. The van der Waals surface area contributed by atoms with Gasteiger partial charge in [0.25, 0.3) is 5.91 Å². The first-order valence-electron chi connectivity index (χ1n) is 7.22. The van der Waals surface area contributed by atoms with E-state index in [-0.39, 0.29) is 17.4 Å². The van der Waals surface area contributed by atoms with E-state index in [1.807, 2.05) is 0 Å². The minimum atomic E-state index is -0.139. The van der Waals surface area contributed by atoms with Crippen molar-refractivity contribution in [3.8, 4) is 0 Å². The van der Waals surface area contributed by atoms with Gasteiger partial charge in [-0.05, 0) is 26.2 Å². The Bertz CT molecular complexity index is 524. The molecule has 5 heteroatoms. The molecular weight excluding hydrogens is 256 g/mol. The van der Waals surface area contributed by atoms with Crippen molar-refractivity contribution in [2.75, 3.05) is 19.7 Å². The van der Waals surface area contributed by atoms with Gasteiger partial charge in [0.15, 0.2) is 5.43 Å². The first-order valence-corrected chi connectivity index (χ1v) is 7.22. The highest BCUT2D eigenvalue weighted by Crippen LogP contribution is 2.15. The van der Waals surface area contributed by atoms with E-state index >= 15 is 0 Å². The van der Waals surface area contributed by atoms with Gasteiger partial charge in [-0.1, -0.05) is 6.92 Å². The molecule has 0 radical (unpaired) electrons. The van der Waals surface area contributed by atoms with Gasteiger partial charge in [0.2, 0.25) is 0 Å². The Hall–Kier alpha value is -1.62. The minimum Gasteiger partial charge on any atom is -0.376 e. The second-order valence-corrected chi connectivity index (χ2v) is 5.30. The number of amides is 1. The van der Waals surface area contributed by atoms with Crippen molar-refractivity contribution in [2.24, 2.45) is 0 Å². The smallest absolute Gasteiger partial charge is 0.270 e. The summed E-state index contributed by atoms with van der Waals surface area (Å²) in [6, 6.07) is 2.85. The highest BCUT2D eigenvalue weighted by molar-refractivity contribution is 5.92. The monoisotopic (exact) mass is 278 g/mol. The second kappa shape index (κ2) is 6.70. The summed E-state index contributed by atoms with van der Waals surface area (Å²) < 4.78 is 5.73. The number of hydrogen-bond acceptors (Lipinski definition) is 3. The van der Waals surface area contributed by atoms with Crippen molar-refractivity contribution >= 4 is 5.91 Å². The molecule has 0 saturated carbocycles. The number of ether oxygens (including phenoxy) is 1. The summed E-state index contributed by atoms with van der Waals surface area (Å²) in [5.41, 5.74) is 0.933.